The van der Waals surface area contributed by atoms with Gasteiger partial charge in [0, 0.05) is 13.2 Å². The van der Waals surface area contributed by atoms with Crippen LogP contribution in [-0.4, -0.2) is 48.8 Å². The molecule has 0 aromatic heterocycles. The minimum atomic E-state index is -0.687. The van der Waals surface area contributed by atoms with Gasteiger partial charge >= 0.3 is 5.97 Å². The number of ether oxygens (including phenoxy) is 1. The molecule has 17 heavy (non-hydrogen) atoms. The Kier molecular flexibility index (Phi) is 4.05. The average molecular weight is 241 g/mol. The van der Waals surface area contributed by atoms with Gasteiger partial charge in [-0.15, -0.1) is 0 Å². The van der Waals surface area contributed by atoms with E-state index in [4.69, 9.17) is 4.74 Å². The standard InChI is InChI=1S/C13H23NO3/c1-2-11-3-6-14(7-4-11)9-13(12(15)16)5-8-17-10-13/h11H,2-10H2,1H3,(H,15,16). The zero-order chi connectivity index (χ0) is 12.3. The van der Waals surface area contributed by atoms with E-state index < -0.39 is 11.4 Å². The number of nitrogens with zero attached hydrogens (tertiary/aromatic N) is 1. The Bertz CT molecular complexity index is 266. The Morgan fingerprint density at radius 3 is 2.65 bits per heavy atom. The molecule has 2 aliphatic rings. The fourth-order valence-electron chi connectivity index (χ4n) is 2.95. The van der Waals surface area contributed by atoms with Crippen molar-refractivity contribution < 1.29 is 14.6 Å². The molecule has 1 N–H and O–H groups in total. The Labute approximate surface area is 103 Å². The number of carboxylic acids is 1. The van der Waals surface area contributed by atoms with Crippen molar-refractivity contribution in [3.63, 3.8) is 0 Å². The van der Waals surface area contributed by atoms with Gasteiger partial charge in [0.05, 0.1) is 6.61 Å². The third-order valence-electron chi connectivity index (χ3n) is 4.37. The van der Waals surface area contributed by atoms with Crippen molar-refractivity contribution in [1.82, 2.24) is 4.90 Å². The van der Waals surface area contributed by atoms with Crippen LogP contribution in [0.2, 0.25) is 0 Å². The van der Waals surface area contributed by atoms with E-state index in [0.29, 0.717) is 26.2 Å². The molecule has 1 unspecified atom stereocenters. The van der Waals surface area contributed by atoms with Crippen molar-refractivity contribution in [1.29, 1.82) is 0 Å². The van der Waals surface area contributed by atoms with Gasteiger partial charge in [-0.25, -0.2) is 0 Å². The molecule has 0 aromatic carbocycles. The number of aliphatic carboxylic acids is 1. The molecule has 0 spiro atoms. The van der Waals surface area contributed by atoms with Gasteiger partial charge < -0.3 is 14.7 Å². The molecule has 0 radical (unpaired) electrons. The number of piperidine rings is 1. The van der Waals surface area contributed by atoms with Crippen LogP contribution in [0, 0.1) is 11.3 Å². The minimum Gasteiger partial charge on any atom is -0.481 e. The molecule has 2 fully saturated rings. The van der Waals surface area contributed by atoms with Crippen molar-refractivity contribution in [2.24, 2.45) is 11.3 Å². The van der Waals surface area contributed by atoms with E-state index in [1.807, 2.05) is 0 Å². The lowest BCUT2D eigenvalue weighted by atomic mass is 9.85. The number of rotatable bonds is 4. The lowest BCUT2D eigenvalue weighted by Gasteiger charge is -2.36. The first kappa shape index (κ1) is 12.8. The minimum absolute atomic E-state index is 0.385. The molecule has 0 aliphatic carbocycles. The molecule has 0 amide bonds. The van der Waals surface area contributed by atoms with E-state index in [2.05, 4.69) is 11.8 Å². The summed E-state index contributed by atoms with van der Waals surface area (Å²) in [7, 11) is 0. The summed E-state index contributed by atoms with van der Waals surface area (Å²) >= 11 is 0. The predicted molar refractivity (Wildman–Crippen MR) is 65.0 cm³/mol. The lowest BCUT2D eigenvalue weighted by molar-refractivity contribution is -0.150. The fraction of sp³-hybridized carbons (Fsp3) is 0.923. The molecule has 2 aliphatic heterocycles. The zero-order valence-corrected chi connectivity index (χ0v) is 10.7. The van der Waals surface area contributed by atoms with Gasteiger partial charge in [-0.05, 0) is 38.3 Å². The summed E-state index contributed by atoms with van der Waals surface area (Å²) in [5.41, 5.74) is -0.640. The summed E-state index contributed by atoms with van der Waals surface area (Å²) in [6, 6.07) is 0. The van der Waals surface area contributed by atoms with Gasteiger partial charge in [-0.1, -0.05) is 13.3 Å². The topological polar surface area (TPSA) is 49.8 Å². The maximum atomic E-state index is 11.4. The molecule has 0 saturated carbocycles. The SMILES string of the molecule is CCC1CCN(CC2(C(=O)O)CCOC2)CC1. The van der Waals surface area contributed by atoms with E-state index in [0.717, 1.165) is 19.0 Å². The maximum Gasteiger partial charge on any atom is 0.313 e. The predicted octanol–water partition coefficient (Wildman–Crippen LogP) is 1.60. The Morgan fingerprint density at radius 2 is 2.18 bits per heavy atom. The lowest BCUT2D eigenvalue weighted by Crippen LogP contribution is -2.46. The first-order chi connectivity index (χ1) is 8.16. The first-order valence-electron chi connectivity index (χ1n) is 6.70. The van der Waals surface area contributed by atoms with E-state index in [1.54, 1.807) is 0 Å². The highest BCUT2D eigenvalue weighted by Gasteiger charge is 2.44. The van der Waals surface area contributed by atoms with Crippen LogP contribution in [0.25, 0.3) is 0 Å². The van der Waals surface area contributed by atoms with Gasteiger partial charge in [0.1, 0.15) is 5.41 Å². The third-order valence-corrected chi connectivity index (χ3v) is 4.37. The summed E-state index contributed by atoms with van der Waals surface area (Å²) in [4.78, 5) is 13.7. The highest BCUT2D eigenvalue weighted by atomic mass is 16.5. The quantitative estimate of drug-likeness (QED) is 0.812. The second-order valence-corrected chi connectivity index (χ2v) is 5.52. The van der Waals surface area contributed by atoms with E-state index in [9.17, 15) is 9.90 Å². The zero-order valence-electron chi connectivity index (χ0n) is 10.7. The number of hydrogen-bond donors (Lipinski definition) is 1. The molecular weight excluding hydrogens is 218 g/mol. The smallest absolute Gasteiger partial charge is 0.313 e. The van der Waals surface area contributed by atoms with E-state index in [1.165, 1.54) is 19.3 Å². The van der Waals surface area contributed by atoms with Crippen molar-refractivity contribution in [3.8, 4) is 0 Å². The Balaban J connectivity index is 1.89. The van der Waals surface area contributed by atoms with Crippen LogP contribution in [0.3, 0.4) is 0 Å². The van der Waals surface area contributed by atoms with Crippen LogP contribution in [0.4, 0.5) is 0 Å². The van der Waals surface area contributed by atoms with Crippen LogP contribution in [0.1, 0.15) is 32.6 Å². The molecule has 98 valence electrons. The summed E-state index contributed by atoms with van der Waals surface area (Å²) in [6.45, 7) is 5.98. The van der Waals surface area contributed by atoms with Crippen molar-refractivity contribution in [2.45, 2.75) is 32.6 Å². The maximum absolute atomic E-state index is 11.4. The van der Waals surface area contributed by atoms with Crippen LogP contribution >= 0.6 is 0 Å². The second-order valence-electron chi connectivity index (χ2n) is 5.52. The summed E-state index contributed by atoms with van der Waals surface area (Å²) < 4.78 is 5.30. The van der Waals surface area contributed by atoms with Crippen molar-refractivity contribution in [3.05, 3.63) is 0 Å². The monoisotopic (exact) mass is 241 g/mol. The van der Waals surface area contributed by atoms with Gasteiger partial charge in [0.25, 0.3) is 0 Å². The van der Waals surface area contributed by atoms with Crippen LogP contribution in [0.5, 0.6) is 0 Å². The normalized spacial score (nSPS) is 31.8. The molecule has 4 nitrogen and oxygen atoms in total. The van der Waals surface area contributed by atoms with Crippen LogP contribution in [-0.2, 0) is 9.53 Å². The third kappa shape index (κ3) is 2.80. The Morgan fingerprint density at radius 1 is 1.47 bits per heavy atom. The van der Waals surface area contributed by atoms with Gasteiger partial charge in [0.15, 0.2) is 0 Å². The number of carbonyl (C=O) groups is 1. The summed E-state index contributed by atoms with van der Waals surface area (Å²) in [6.07, 6.45) is 4.34. The molecule has 2 saturated heterocycles. The van der Waals surface area contributed by atoms with E-state index >= 15 is 0 Å². The molecule has 1 atom stereocenters. The number of likely N-dealkylation sites (tertiary alicyclic amines) is 1. The molecule has 2 heterocycles. The average Bonchev–Trinajstić information content (AvgIpc) is 2.80. The molecule has 2 rings (SSSR count). The van der Waals surface area contributed by atoms with Gasteiger partial charge in [-0.3, -0.25) is 4.79 Å². The van der Waals surface area contributed by atoms with Gasteiger partial charge in [0.2, 0.25) is 0 Å². The molecular formula is C13H23NO3. The molecule has 4 heteroatoms. The summed E-state index contributed by atoms with van der Waals surface area (Å²) in [5.74, 6) is 0.152. The highest BCUT2D eigenvalue weighted by Crippen LogP contribution is 2.32. The molecule has 0 bridgehead atoms. The Hall–Kier alpha value is -0.610. The van der Waals surface area contributed by atoms with Gasteiger partial charge in [-0.2, -0.15) is 0 Å². The second kappa shape index (κ2) is 5.36. The summed E-state index contributed by atoms with van der Waals surface area (Å²) in [5, 5.41) is 9.39. The first-order valence-corrected chi connectivity index (χ1v) is 6.70. The number of carboxylic acid groups (broad SMARTS) is 1. The van der Waals surface area contributed by atoms with E-state index in [-0.39, 0.29) is 0 Å². The number of hydrogen-bond acceptors (Lipinski definition) is 3. The van der Waals surface area contributed by atoms with Crippen molar-refractivity contribution in [2.75, 3.05) is 32.8 Å². The van der Waals surface area contributed by atoms with Crippen LogP contribution < -0.4 is 0 Å². The van der Waals surface area contributed by atoms with Crippen molar-refractivity contribution >= 4 is 5.97 Å². The largest absolute Gasteiger partial charge is 0.481 e. The highest BCUT2D eigenvalue weighted by molar-refractivity contribution is 5.75. The fourth-order valence-corrected chi connectivity index (χ4v) is 2.95. The van der Waals surface area contributed by atoms with Crippen LogP contribution in [0.15, 0.2) is 0 Å². The molecule has 0 aromatic rings.